The Balaban J connectivity index is 2.12. The van der Waals surface area contributed by atoms with E-state index in [0.29, 0.717) is 5.69 Å². The van der Waals surface area contributed by atoms with Crippen LogP contribution in [-0.4, -0.2) is 17.1 Å². The number of nitrogens with zero attached hydrogens (tertiary/aromatic N) is 1. The zero-order valence-corrected chi connectivity index (χ0v) is 10.2. The van der Waals surface area contributed by atoms with Gasteiger partial charge in [-0.1, -0.05) is 18.2 Å². The first kappa shape index (κ1) is 14.0. The lowest BCUT2D eigenvalue weighted by molar-refractivity contribution is -0.274. The van der Waals surface area contributed by atoms with E-state index in [9.17, 15) is 18.0 Å². The van der Waals surface area contributed by atoms with Crippen LogP contribution < -0.4 is 4.74 Å². The Morgan fingerprint density at radius 1 is 1.15 bits per heavy atom. The summed E-state index contributed by atoms with van der Waals surface area (Å²) in [5, 5.41) is 0. The number of hydrogen-bond donors (Lipinski definition) is 0. The third kappa shape index (κ3) is 4.08. The summed E-state index contributed by atoms with van der Waals surface area (Å²) in [7, 11) is 0. The number of pyridine rings is 1. The minimum absolute atomic E-state index is 0.0241. The molecule has 0 saturated carbocycles. The van der Waals surface area contributed by atoms with E-state index in [2.05, 4.69) is 9.72 Å². The van der Waals surface area contributed by atoms with Gasteiger partial charge in [-0.05, 0) is 24.3 Å². The molecule has 6 heteroatoms. The van der Waals surface area contributed by atoms with E-state index in [4.69, 9.17) is 0 Å². The number of hydrogen-bond acceptors (Lipinski definition) is 3. The molecule has 0 spiro atoms. The van der Waals surface area contributed by atoms with E-state index in [1.54, 1.807) is 24.4 Å². The summed E-state index contributed by atoms with van der Waals surface area (Å²) in [4.78, 5) is 15.9. The highest BCUT2D eigenvalue weighted by Gasteiger charge is 2.31. The summed E-state index contributed by atoms with van der Waals surface area (Å²) in [6.45, 7) is 0. The zero-order valence-electron chi connectivity index (χ0n) is 10.2. The number of carbonyl (C=O) groups is 1. The first-order valence-corrected chi connectivity index (χ1v) is 5.73. The molecule has 0 N–H and O–H groups in total. The number of carbonyl (C=O) groups excluding carboxylic acids is 1. The van der Waals surface area contributed by atoms with Gasteiger partial charge in [0.05, 0.1) is 6.42 Å². The molecule has 2 aromatic rings. The highest BCUT2D eigenvalue weighted by Crippen LogP contribution is 2.23. The second-order valence-electron chi connectivity index (χ2n) is 4.00. The number of halogens is 3. The number of benzene rings is 1. The van der Waals surface area contributed by atoms with Crippen LogP contribution in [0.15, 0.2) is 48.7 Å². The predicted octanol–water partition coefficient (Wildman–Crippen LogP) is 3.41. The van der Waals surface area contributed by atoms with E-state index in [1.165, 1.54) is 12.1 Å². The Morgan fingerprint density at radius 2 is 1.95 bits per heavy atom. The van der Waals surface area contributed by atoms with Crippen molar-refractivity contribution in [2.75, 3.05) is 0 Å². The van der Waals surface area contributed by atoms with Crippen molar-refractivity contribution >= 4 is 5.78 Å². The summed E-state index contributed by atoms with van der Waals surface area (Å²) in [5.41, 5.74) is 0.706. The number of Topliss-reactive ketones (excluding diaryl/α,β-unsaturated/α-hetero) is 1. The lowest BCUT2D eigenvalue weighted by Gasteiger charge is -2.09. The van der Waals surface area contributed by atoms with Crippen LogP contribution in [0.3, 0.4) is 0 Å². The molecule has 1 aromatic heterocycles. The number of ether oxygens (including phenoxy) is 1. The van der Waals surface area contributed by atoms with Gasteiger partial charge in [0.1, 0.15) is 5.75 Å². The third-order valence-corrected chi connectivity index (χ3v) is 2.46. The Bertz CT molecular complexity index is 597. The van der Waals surface area contributed by atoms with Crippen molar-refractivity contribution in [2.45, 2.75) is 12.8 Å². The Kier molecular flexibility index (Phi) is 4.02. The van der Waals surface area contributed by atoms with Crippen LogP contribution in [0.4, 0.5) is 13.2 Å². The van der Waals surface area contributed by atoms with Crippen molar-refractivity contribution in [3.05, 3.63) is 59.9 Å². The number of alkyl halides is 3. The van der Waals surface area contributed by atoms with Crippen molar-refractivity contribution in [2.24, 2.45) is 0 Å². The van der Waals surface area contributed by atoms with Gasteiger partial charge in [-0.15, -0.1) is 13.2 Å². The molecule has 1 heterocycles. The summed E-state index contributed by atoms with van der Waals surface area (Å²) in [6.07, 6.45) is -3.20. The summed E-state index contributed by atoms with van der Waals surface area (Å²) in [5.74, 6) is -0.735. The standard InChI is InChI=1S/C14H10F3NO2/c15-14(16,17)20-12-6-3-4-10(8-12)13(19)9-11-5-1-2-7-18-11/h1-8H,9H2. The molecule has 0 saturated heterocycles. The van der Waals surface area contributed by atoms with Crippen molar-refractivity contribution in [3.63, 3.8) is 0 Å². The molecule has 0 bridgehead atoms. The van der Waals surface area contributed by atoms with Crippen molar-refractivity contribution in [1.82, 2.24) is 4.98 Å². The van der Waals surface area contributed by atoms with Gasteiger partial charge in [0.25, 0.3) is 0 Å². The van der Waals surface area contributed by atoms with Gasteiger partial charge in [-0.2, -0.15) is 0 Å². The second-order valence-corrected chi connectivity index (χ2v) is 4.00. The molecule has 0 aliphatic heterocycles. The minimum atomic E-state index is -4.78. The highest BCUT2D eigenvalue weighted by atomic mass is 19.4. The summed E-state index contributed by atoms with van der Waals surface area (Å²) in [6, 6.07) is 10.1. The number of ketones is 1. The molecule has 0 atom stereocenters. The third-order valence-electron chi connectivity index (χ3n) is 2.46. The van der Waals surface area contributed by atoms with Crippen LogP contribution in [0.25, 0.3) is 0 Å². The SMILES string of the molecule is O=C(Cc1ccccn1)c1cccc(OC(F)(F)F)c1. The molecule has 3 nitrogen and oxygen atoms in total. The van der Waals surface area contributed by atoms with Gasteiger partial charge < -0.3 is 4.74 Å². The highest BCUT2D eigenvalue weighted by molar-refractivity contribution is 5.97. The van der Waals surface area contributed by atoms with E-state index >= 15 is 0 Å². The van der Waals surface area contributed by atoms with Crippen LogP contribution in [0.5, 0.6) is 5.75 Å². The van der Waals surface area contributed by atoms with Gasteiger partial charge in [0.15, 0.2) is 5.78 Å². The van der Waals surface area contributed by atoms with Crippen LogP contribution in [0, 0.1) is 0 Å². The maximum Gasteiger partial charge on any atom is 0.573 e. The van der Waals surface area contributed by atoms with Gasteiger partial charge in [-0.25, -0.2) is 0 Å². The maximum absolute atomic E-state index is 12.1. The van der Waals surface area contributed by atoms with Gasteiger partial charge >= 0.3 is 6.36 Å². The normalized spacial score (nSPS) is 11.2. The molecular formula is C14H10F3NO2. The van der Waals surface area contributed by atoms with E-state index < -0.39 is 12.1 Å². The fraction of sp³-hybridized carbons (Fsp3) is 0.143. The largest absolute Gasteiger partial charge is 0.573 e. The van der Waals surface area contributed by atoms with Crippen LogP contribution in [-0.2, 0) is 6.42 Å². The first-order valence-electron chi connectivity index (χ1n) is 5.73. The van der Waals surface area contributed by atoms with E-state index in [1.807, 2.05) is 0 Å². The lowest BCUT2D eigenvalue weighted by atomic mass is 10.1. The van der Waals surface area contributed by atoms with Gasteiger partial charge in [0.2, 0.25) is 0 Å². The Labute approximate surface area is 113 Å². The molecule has 0 fully saturated rings. The predicted molar refractivity (Wildman–Crippen MR) is 65.4 cm³/mol. The Hall–Kier alpha value is -2.37. The Morgan fingerprint density at radius 3 is 2.60 bits per heavy atom. The molecule has 0 aliphatic rings. The number of rotatable bonds is 4. The summed E-state index contributed by atoms with van der Waals surface area (Å²) >= 11 is 0. The first-order chi connectivity index (χ1) is 9.44. The molecule has 20 heavy (non-hydrogen) atoms. The van der Waals surface area contributed by atoms with Crippen LogP contribution in [0.1, 0.15) is 16.1 Å². The van der Waals surface area contributed by atoms with Gasteiger partial charge in [0, 0.05) is 17.5 Å². The average Bonchev–Trinajstić information content (AvgIpc) is 2.38. The van der Waals surface area contributed by atoms with Crippen LogP contribution in [0.2, 0.25) is 0 Å². The minimum Gasteiger partial charge on any atom is -0.406 e. The molecule has 0 amide bonds. The average molecular weight is 281 g/mol. The lowest BCUT2D eigenvalue weighted by Crippen LogP contribution is -2.17. The quantitative estimate of drug-likeness (QED) is 0.806. The number of aromatic nitrogens is 1. The summed E-state index contributed by atoms with van der Waals surface area (Å²) < 4.78 is 40.1. The molecule has 1 aromatic carbocycles. The second kappa shape index (κ2) is 5.73. The molecule has 2 rings (SSSR count). The van der Waals surface area contributed by atoms with Gasteiger partial charge in [-0.3, -0.25) is 9.78 Å². The van der Waals surface area contributed by atoms with Crippen molar-refractivity contribution in [3.8, 4) is 5.75 Å². The molecule has 0 radical (unpaired) electrons. The van der Waals surface area contributed by atoms with E-state index in [-0.39, 0.29) is 17.8 Å². The monoisotopic (exact) mass is 281 g/mol. The molecule has 104 valence electrons. The smallest absolute Gasteiger partial charge is 0.406 e. The molecular weight excluding hydrogens is 271 g/mol. The molecule has 0 unspecified atom stereocenters. The maximum atomic E-state index is 12.1. The molecule has 0 aliphatic carbocycles. The van der Waals surface area contributed by atoms with Crippen LogP contribution >= 0.6 is 0 Å². The van der Waals surface area contributed by atoms with Crippen molar-refractivity contribution < 1.29 is 22.7 Å². The van der Waals surface area contributed by atoms with E-state index in [0.717, 1.165) is 12.1 Å². The fourth-order valence-corrected chi connectivity index (χ4v) is 1.64. The fourth-order valence-electron chi connectivity index (χ4n) is 1.64. The topological polar surface area (TPSA) is 39.2 Å². The van der Waals surface area contributed by atoms with Crippen molar-refractivity contribution in [1.29, 1.82) is 0 Å². The zero-order chi connectivity index (χ0) is 14.6.